The van der Waals surface area contributed by atoms with E-state index >= 15 is 0 Å². The zero-order chi connectivity index (χ0) is 13.7. The molecule has 102 valence electrons. The Morgan fingerprint density at radius 2 is 2.16 bits per heavy atom. The minimum Gasteiger partial charge on any atom is -0.459 e. The minimum atomic E-state index is -1.15. The molecule has 0 radical (unpaired) electrons. The predicted molar refractivity (Wildman–Crippen MR) is 68.1 cm³/mol. The maximum Gasteiger partial charge on any atom is 0.333 e. The fourth-order valence-corrected chi connectivity index (χ4v) is 2.26. The van der Waals surface area contributed by atoms with Crippen LogP contribution in [-0.2, 0) is 16.1 Å². The summed E-state index contributed by atoms with van der Waals surface area (Å²) in [5.41, 5.74) is -0.289. The lowest BCUT2D eigenvalue weighted by Gasteiger charge is -2.22. The summed E-state index contributed by atoms with van der Waals surface area (Å²) in [5, 5.41) is 13.6. The zero-order valence-corrected chi connectivity index (χ0v) is 10.5. The lowest BCUT2D eigenvalue weighted by molar-refractivity contribution is -0.488. The molecule has 1 atom stereocenters. The molecule has 0 bridgehead atoms. The van der Waals surface area contributed by atoms with E-state index in [9.17, 15) is 14.9 Å². The lowest BCUT2D eigenvalue weighted by atomic mass is 9.98. The molecule has 1 N–H and O–H groups in total. The number of carbonyl (C=O) groups is 1. The number of carbonyl (C=O) groups excluding carboxylic acids is 1. The normalized spacial score (nSPS) is 22.1. The van der Waals surface area contributed by atoms with Crippen LogP contribution in [0.25, 0.3) is 0 Å². The third kappa shape index (κ3) is 3.29. The highest BCUT2D eigenvalue weighted by molar-refractivity contribution is 5.81. The molecular formula is C13H16N2O4. The van der Waals surface area contributed by atoms with Gasteiger partial charge in [-0.2, -0.15) is 0 Å². The first-order chi connectivity index (χ1) is 9.12. The van der Waals surface area contributed by atoms with Gasteiger partial charge in [0.25, 0.3) is 0 Å². The summed E-state index contributed by atoms with van der Waals surface area (Å²) in [6, 6.07) is 9.26. The highest BCUT2D eigenvalue weighted by Gasteiger charge is 2.47. The van der Waals surface area contributed by atoms with Crippen molar-refractivity contribution >= 4 is 5.97 Å². The maximum atomic E-state index is 12.1. The van der Waals surface area contributed by atoms with Gasteiger partial charge < -0.3 is 4.74 Å². The van der Waals surface area contributed by atoms with E-state index in [1.165, 1.54) is 0 Å². The summed E-state index contributed by atoms with van der Waals surface area (Å²) in [6.45, 7) is 0.315. The molecule has 1 aliphatic heterocycles. The fourth-order valence-electron chi connectivity index (χ4n) is 2.26. The number of hydrogen-bond donors (Lipinski definition) is 1. The summed E-state index contributed by atoms with van der Waals surface area (Å²) in [6.07, 6.45) is 1.19. The number of benzene rings is 1. The number of hydrogen-bond acceptors (Lipinski definition) is 5. The first kappa shape index (κ1) is 13.5. The Bertz CT molecular complexity index is 455. The molecule has 6 nitrogen and oxygen atoms in total. The van der Waals surface area contributed by atoms with Crippen LogP contribution >= 0.6 is 0 Å². The standard InChI is InChI=1S/C13H16N2O4/c16-12(19-9-11-5-2-1-3-6-11)13(10-15(17)18)7-4-8-14-13/h1-3,5-6,14H,4,7-10H2. The highest BCUT2D eigenvalue weighted by Crippen LogP contribution is 2.22. The second-order valence-corrected chi connectivity index (χ2v) is 4.67. The van der Waals surface area contributed by atoms with E-state index in [1.807, 2.05) is 30.3 Å². The number of nitrogens with one attached hydrogen (secondary N) is 1. The minimum absolute atomic E-state index is 0.140. The fraction of sp³-hybridized carbons (Fsp3) is 0.462. The molecule has 0 spiro atoms. The number of nitro groups is 1. The Balaban J connectivity index is 1.98. The Labute approximate surface area is 110 Å². The van der Waals surface area contributed by atoms with Gasteiger partial charge in [-0.3, -0.25) is 15.4 Å². The number of ether oxygens (including phenoxy) is 1. The average Bonchev–Trinajstić information content (AvgIpc) is 2.86. The van der Waals surface area contributed by atoms with Gasteiger partial charge in [-0.05, 0) is 24.9 Å². The van der Waals surface area contributed by atoms with Gasteiger partial charge in [0.1, 0.15) is 6.61 Å². The Hall–Kier alpha value is -1.95. The van der Waals surface area contributed by atoms with Crippen molar-refractivity contribution in [1.82, 2.24) is 5.32 Å². The van der Waals surface area contributed by atoms with Crippen LogP contribution in [0.15, 0.2) is 30.3 Å². The summed E-state index contributed by atoms with van der Waals surface area (Å²) in [7, 11) is 0. The molecule has 0 aliphatic carbocycles. The van der Waals surface area contributed by atoms with Gasteiger partial charge in [0.05, 0.1) is 0 Å². The van der Waals surface area contributed by atoms with Crippen LogP contribution in [0, 0.1) is 10.1 Å². The Morgan fingerprint density at radius 3 is 2.74 bits per heavy atom. The van der Waals surface area contributed by atoms with Crippen LogP contribution in [0.1, 0.15) is 18.4 Å². The molecule has 0 aromatic heterocycles. The largest absolute Gasteiger partial charge is 0.459 e. The molecule has 0 amide bonds. The second-order valence-electron chi connectivity index (χ2n) is 4.67. The SMILES string of the molecule is O=C(OCc1ccccc1)C1(C[N+](=O)[O-])CCCN1. The molecule has 1 unspecified atom stereocenters. The van der Waals surface area contributed by atoms with E-state index in [-0.39, 0.29) is 6.61 Å². The van der Waals surface area contributed by atoms with E-state index in [4.69, 9.17) is 4.74 Å². The summed E-state index contributed by atoms with van der Waals surface area (Å²) >= 11 is 0. The summed E-state index contributed by atoms with van der Waals surface area (Å²) < 4.78 is 5.21. The van der Waals surface area contributed by atoms with Crippen molar-refractivity contribution in [3.63, 3.8) is 0 Å². The van der Waals surface area contributed by atoms with Crippen molar-refractivity contribution in [2.75, 3.05) is 13.1 Å². The molecule has 6 heteroatoms. The molecule has 19 heavy (non-hydrogen) atoms. The second kappa shape index (κ2) is 5.79. The quantitative estimate of drug-likeness (QED) is 0.490. The third-order valence-electron chi connectivity index (χ3n) is 3.25. The highest BCUT2D eigenvalue weighted by atomic mass is 16.6. The van der Waals surface area contributed by atoms with Gasteiger partial charge in [0.2, 0.25) is 6.54 Å². The smallest absolute Gasteiger partial charge is 0.333 e. The molecule has 1 aliphatic rings. The van der Waals surface area contributed by atoms with E-state index in [2.05, 4.69) is 5.32 Å². The molecular weight excluding hydrogens is 248 g/mol. The van der Waals surface area contributed by atoms with Gasteiger partial charge in [-0.1, -0.05) is 30.3 Å². The van der Waals surface area contributed by atoms with Crippen molar-refractivity contribution in [1.29, 1.82) is 0 Å². The molecule has 1 saturated heterocycles. The molecule has 1 fully saturated rings. The van der Waals surface area contributed by atoms with Crippen LogP contribution in [0.5, 0.6) is 0 Å². The van der Waals surface area contributed by atoms with Gasteiger partial charge in [-0.25, -0.2) is 4.79 Å². The van der Waals surface area contributed by atoms with Gasteiger partial charge >= 0.3 is 5.97 Å². The van der Waals surface area contributed by atoms with E-state index in [0.29, 0.717) is 13.0 Å². The molecule has 0 saturated carbocycles. The van der Waals surface area contributed by atoms with Crippen LogP contribution in [-0.4, -0.2) is 29.5 Å². The van der Waals surface area contributed by atoms with Crippen LogP contribution < -0.4 is 5.32 Å². The Morgan fingerprint density at radius 1 is 1.42 bits per heavy atom. The van der Waals surface area contributed by atoms with Crippen molar-refractivity contribution in [3.05, 3.63) is 46.0 Å². The van der Waals surface area contributed by atoms with Crippen LogP contribution in [0.2, 0.25) is 0 Å². The number of esters is 1. The summed E-state index contributed by atoms with van der Waals surface area (Å²) in [5.74, 6) is -0.537. The monoisotopic (exact) mass is 264 g/mol. The number of nitrogens with zero attached hydrogens (tertiary/aromatic N) is 1. The molecule has 2 rings (SSSR count). The van der Waals surface area contributed by atoms with E-state index < -0.39 is 23.0 Å². The van der Waals surface area contributed by atoms with E-state index in [0.717, 1.165) is 12.0 Å². The number of rotatable bonds is 5. The van der Waals surface area contributed by atoms with Gasteiger partial charge in [0.15, 0.2) is 5.54 Å². The zero-order valence-electron chi connectivity index (χ0n) is 10.5. The van der Waals surface area contributed by atoms with Crippen molar-refractivity contribution in [2.24, 2.45) is 0 Å². The van der Waals surface area contributed by atoms with Crippen molar-refractivity contribution < 1.29 is 14.5 Å². The predicted octanol–water partition coefficient (Wildman–Crippen LogP) is 1.13. The summed E-state index contributed by atoms with van der Waals surface area (Å²) in [4.78, 5) is 22.3. The maximum absolute atomic E-state index is 12.1. The molecule has 1 aromatic rings. The first-order valence-electron chi connectivity index (χ1n) is 6.20. The Kier molecular flexibility index (Phi) is 4.11. The molecule has 1 aromatic carbocycles. The van der Waals surface area contributed by atoms with Gasteiger partial charge in [0, 0.05) is 4.92 Å². The van der Waals surface area contributed by atoms with E-state index in [1.54, 1.807) is 0 Å². The first-order valence-corrected chi connectivity index (χ1v) is 6.20. The average molecular weight is 264 g/mol. The van der Waals surface area contributed by atoms with Gasteiger partial charge in [-0.15, -0.1) is 0 Å². The van der Waals surface area contributed by atoms with Crippen molar-refractivity contribution in [2.45, 2.75) is 25.0 Å². The molecule has 1 heterocycles. The lowest BCUT2D eigenvalue weighted by Crippen LogP contribution is -2.53. The van der Waals surface area contributed by atoms with Crippen molar-refractivity contribution in [3.8, 4) is 0 Å². The van der Waals surface area contributed by atoms with Crippen LogP contribution in [0.4, 0.5) is 0 Å². The third-order valence-corrected chi connectivity index (χ3v) is 3.25. The van der Waals surface area contributed by atoms with Crippen LogP contribution in [0.3, 0.4) is 0 Å². The topological polar surface area (TPSA) is 81.5 Å².